The van der Waals surface area contributed by atoms with E-state index < -0.39 is 45.0 Å². The first-order valence-electron chi connectivity index (χ1n) is 16.0. The lowest BCUT2D eigenvalue weighted by Gasteiger charge is -2.33. The number of amides is 2. The lowest BCUT2D eigenvalue weighted by molar-refractivity contribution is -0.384. The van der Waals surface area contributed by atoms with Gasteiger partial charge in [0, 0.05) is 44.9 Å². The summed E-state index contributed by atoms with van der Waals surface area (Å²) in [6, 6.07) is 27.3. The predicted octanol–water partition coefficient (Wildman–Crippen LogP) is 8.91. The Bertz CT molecular complexity index is 2480. The summed E-state index contributed by atoms with van der Waals surface area (Å²) in [6.07, 6.45) is -0.550. The van der Waals surface area contributed by atoms with Gasteiger partial charge in [0.05, 0.1) is 27.8 Å². The molecule has 274 valence electrons. The molecule has 0 unspecified atom stereocenters. The zero-order valence-corrected chi connectivity index (χ0v) is 32.4. The van der Waals surface area contributed by atoms with Crippen molar-refractivity contribution in [1.82, 2.24) is 14.4 Å². The van der Waals surface area contributed by atoms with Crippen LogP contribution in [0.15, 0.2) is 134 Å². The molecule has 0 saturated heterocycles. The SMILES string of the molecule is Cc1ccc(S(=O)(=O)N(C)C(=O)C[C@H](c2ccc([N+](=O)[O-])cc2)N(C(=O)c2cccc(-c3noc(-c4ccccc4F)n3)c2)c2cc(Br)cc(Br)c2)cc1. The van der Waals surface area contributed by atoms with E-state index in [9.17, 15) is 32.5 Å². The third-order valence-corrected chi connectivity index (χ3v) is 11.1. The van der Waals surface area contributed by atoms with E-state index >= 15 is 0 Å². The van der Waals surface area contributed by atoms with Gasteiger partial charge in [-0.3, -0.25) is 19.7 Å². The van der Waals surface area contributed by atoms with Gasteiger partial charge in [0.25, 0.3) is 27.5 Å². The minimum absolute atomic E-state index is 0.0677. The third-order valence-electron chi connectivity index (χ3n) is 8.44. The Hall–Kier alpha value is -5.58. The molecule has 1 atom stereocenters. The largest absolute Gasteiger partial charge is 0.334 e. The van der Waals surface area contributed by atoms with Crippen molar-refractivity contribution in [1.29, 1.82) is 0 Å². The molecule has 54 heavy (non-hydrogen) atoms. The van der Waals surface area contributed by atoms with Crippen LogP contribution in [0.3, 0.4) is 0 Å². The number of non-ortho nitro benzene ring substituents is 1. The summed E-state index contributed by atoms with van der Waals surface area (Å²) in [4.78, 5) is 45.4. The van der Waals surface area contributed by atoms with Gasteiger partial charge < -0.3 is 9.42 Å². The van der Waals surface area contributed by atoms with E-state index in [1.54, 1.807) is 55.5 Å². The van der Waals surface area contributed by atoms with Crippen molar-refractivity contribution >= 4 is 65.1 Å². The molecule has 0 aliphatic carbocycles. The molecule has 0 aliphatic heterocycles. The predicted molar refractivity (Wildman–Crippen MR) is 205 cm³/mol. The van der Waals surface area contributed by atoms with E-state index in [1.165, 1.54) is 71.6 Å². The van der Waals surface area contributed by atoms with Gasteiger partial charge in [-0.1, -0.05) is 91.1 Å². The van der Waals surface area contributed by atoms with Crippen LogP contribution < -0.4 is 4.90 Å². The number of aromatic nitrogens is 2. The number of hydrogen-bond acceptors (Lipinski definition) is 9. The number of nitro benzene ring substituents is 1. The summed E-state index contributed by atoms with van der Waals surface area (Å²) in [5.41, 5.74) is 1.77. The van der Waals surface area contributed by atoms with E-state index in [1.807, 2.05) is 0 Å². The van der Waals surface area contributed by atoms with E-state index in [-0.39, 0.29) is 33.4 Å². The number of aryl methyl sites for hydroxylation is 1. The smallest absolute Gasteiger partial charge is 0.269 e. The Kier molecular flexibility index (Phi) is 11.2. The maximum atomic E-state index is 14.8. The summed E-state index contributed by atoms with van der Waals surface area (Å²) >= 11 is 6.93. The Morgan fingerprint density at radius 1 is 0.907 bits per heavy atom. The van der Waals surface area contributed by atoms with Gasteiger partial charge in [-0.2, -0.15) is 4.98 Å². The number of rotatable bonds is 11. The molecule has 0 fully saturated rings. The van der Waals surface area contributed by atoms with Crippen molar-refractivity contribution in [3.63, 3.8) is 0 Å². The summed E-state index contributed by atoms with van der Waals surface area (Å²) < 4.78 is 48.7. The number of sulfonamides is 1. The van der Waals surface area contributed by atoms with Crippen molar-refractivity contribution < 1.29 is 31.8 Å². The summed E-state index contributed by atoms with van der Waals surface area (Å²) in [6.45, 7) is 1.80. The second-order valence-electron chi connectivity index (χ2n) is 12.0. The minimum atomic E-state index is -4.30. The normalized spacial score (nSPS) is 11.9. The molecule has 1 aromatic heterocycles. The van der Waals surface area contributed by atoms with Crippen LogP contribution in [0.25, 0.3) is 22.8 Å². The quantitative estimate of drug-likeness (QED) is 0.0916. The third kappa shape index (κ3) is 8.15. The minimum Gasteiger partial charge on any atom is -0.334 e. The number of halogens is 3. The van der Waals surface area contributed by atoms with Gasteiger partial charge in [0.2, 0.25) is 11.7 Å². The van der Waals surface area contributed by atoms with Gasteiger partial charge in [-0.15, -0.1) is 0 Å². The van der Waals surface area contributed by atoms with Crippen LogP contribution in [0.5, 0.6) is 0 Å². The average molecular weight is 878 g/mol. The number of carbonyl (C=O) groups is 2. The van der Waals surface area contributed by atoms with E-state index in [4.69, 9.17) is 4.52 Å². The van der Waals surface area contributed by atoms with Crippen LogP contribution in [-0.4, -0.2) is 46.6 Å². The van der Waals surface area contributed by atoms with Crippen LogP contribution in [0, 0.1) is 22.9 Å². The summed E-state index contributed by atoms with van der Waals surface area (Å²) in [5.74, 6) is -2.03. The fraction of sp³-hybridized carbons (Fsp3) is 0.105. The Labute approximate surface area is 325 Å². The highest BCUT2D eigenvalue weighted by Gasteiger charge is 2.34. The van der Waals surface area contributed by atoms with Crippen molar-refractivity contribution in [3.05, 3.63) is 157 Å². The van der Waals surface area contributed by atoms with Crippen molar-refractivity contribution in [3.8, 4) is 22.8 Å². The fourth-order valence-corrected chi connectivity index (χ4v) is 8.01. The van der Waals surface area contributed by atoms with Crippen LogP contribution in [0.1, 0.15) is 33.9 Å². The van der Waals surface area contributed by atoms with E-state index in [0.717, 1.165) is 12.6 Å². The molecule has 6 aromatic rings. The highest BCUT2D eigenvalue weighted by molar-refractivity contribution is 9.11. The zero-order chi connectivity index (χ0) is 38.7. The van der Waals surface area contributed by atoms with Gasteiger partial charge in [-0.05, 0) is 67.1 Å². The molecular weight excluding hydrogens is 849 g/mol. The van der Waals surface area contributed by atoms with Gasteiger partial charge in [0.1, 0.15) is 5.82 Å². The number of anilines is 1. The van der Waals surface area contributed by atoms with Crippen LogP contribution in [0.2, 0.25) is 0 Å². The molecule has 12 nitrogen and oxygen atoms in total. The Morgan fingerprint density at radius 3 is 2.22 bits per heavy atom. The molecule has 0 radical (unpaired) electrons. The standard InChI is InChI=1S/C38H28Br2FN5O7S/c1-23-10-16-31(17-11-23)54(51,52)44(2)35(47)22-34(24-12-14-29(15-13-24)46(49)50)45(30-20-27(39)19-28(40)21-30)38(48)26-7-5-6-25(18-26)36-42-37(53-43-36)32-8-3-4-9-33(32)41/h3-21,34H,22H2,1-2H3/t34-/m1/s1. The first-order valence-corrected chi connectivity index (χ1v) is 19.1. The molecule has 0 N–H and O–H groups in total. The monoisotopic (exact) mass is 875 g/mol. The number of carbonyl (C=O) groups excluding carboxylic acids is 2. The first-order chi connectivity index (χ1) is 25.7. The number of benzene rings is 5. The highest BCUT2D eigenvalue weighted by atomic mass is 79.9. The number of hydrogen-bond donors (Lipinski definition) is 0. The Morgan fingerprint density at radius 2 is 1.57 bits per heavy atom. The van der Waals surface area contributed by atoms with Gasteiger partial charge in [-0.25, -0.2) is 17.1 Å². The average Bonchev–Trinajstić information content (AvgIpc) is 3.64. The van der Waals surface area contributed by atoms with Crippen molar-refractivity contribution in [2.45, 2.75) is 24.3 Å². The second-order valence-corrected chi connectivity index (χ2v) is 15.8. The lowest BCUT2D eigenvalue weighted by Crippen LogP contribution is -2.40. The maximum absolute atomic E-state index is 14.8. The summed E-state index contributed by atoms with van der Waals surface area (Å²) in [5, 5.41) is 15.5. The maximum Gasteiger partial charge on any atom is 0.269 e. The van der Waals surface area contributed by atoms with Crippen molar-refractivity contribution in [2.24, 2.45) is 0 Å². The van der Waals surface area contributed by atoms with Crippen LogP contribution >= 0.6 is 31.9 Å². The van der Waals surface area contributed by atoms with E-state index in [2.05, 4.69) is 42.0 Å². The van der Waals surface area contributed by atoms with Gasteiger partial charge in [0.15, 0.2) is 0 Å². The number of nitro groups is 1. The molecule has 1 heterocycles. The molecule has 0 spiro atoms. The van der Waals surface area contributed by atoms with Crippen LogP contribution in [0.4, 0.5) is 15.8 Å². The molecular formula is C38H28Br2FN5O7S. The first kappa shape index (κ1) is 38.2. The molecule has 16 heteroatoms. The molecule has 0 bridgehead atoms. The topological polar surface area (TPSA) is 157 Å². The van der Waals surface area contributed by atoms with E-state index in [0.29, 0.717) is 30.1 Å². The lowest BCUT2D eigenvalue weighted by atomic mass is 9.98. The second kappa shape index (κ2) is 15.8. The highest BCUT2D eigenvalue weighted by Crippen LogP contribution is 2.37. The molecule has 0 saturated carbocycles. The van der Waals surface area contributed by atoms with Crippen LogP contribution in [-0.2, 0) is 14.8 Å². The Balaban J connectivity index is 1.45. The molecule has 2 amide bonds. The summed E-state index contributed by atoms with van der Waals surface area (Å²) in [7, 11) is -3.17. The molecule has 5 aromatic carbocycles. The van der Waals surface area contributed by atoms with Crippen molar-refractivity contribution in [2.75, 3.05) is 11.9 Å². The molecule has 0 aliphatic rings. The fourth-order valence-electron chi connectivity index (χ4n) is 5.61. The number of nitrogens with zero attached hydrogens (tertiary/aromatic N) is 5. The molecule has 6 rings (SSSR count). The van der Waals surface area contributed by atoms with Gasteiger partial charge >= 0.3 is 0 Å². The zero-order valence-electron chi connectivity index (χ0n) is 28.4.